The van der Waals surface area contributed by atoms with Crippen LogP contribution in [0.4, 0.5) is 25.0 Å². The molecule has 2 aliphatic rings. The van der Waals surface area contributed by atoms with E-state index in [0.717, 1.165) is 31.9 Å². The number of aromatic nitrogens is 3. The molecule has 39 heavy (non-hydrogen) atoms. The van der Waals surface area contributed by atoms with Gasteiger partial charge in [0.25, 0.3) is 5.89 Å². The summed E-state index contributed by atoms with van der Waals surface area (Å²) in [4.78, 5) is 25.7. The zero-order valence-corrected chi connectivity index (χ0v) is 22.2. The molecule has 0 aliphatic carbocycles. The number of rotatable bonds is 6. The standard InChI is InChI=1S/C25H29F2N7O4S/c1-31-8-10-32(11-9-31)20-4-6-21(7-5-20)34(25(35)33-12-14-39(36,37)15-13-33)17-19-3-2-18(16-28-19)23-29-30-24(38-23)22(26)27/h2-7,16,22H,8-15,17H2,1H3. The Hall–Kier alpha value is -3.65. The summed E-state index contributed by atoms with van der Waals surface area (Å²) in [6, 6.07) is 10.7. The highest BCUT2D eigenvalue weighted by atomic mass is 32.2. The van der Waals surface area contributed by atoms with Gasteiger partial charge in [0.1, 0.15) is 0 Å². The van der Waals surface area contributed by atoms with E-state index in [1.165, 1.54) is 11.1 Å². The minimum Gasteiger partial charge on any atom is -0.415 e. The van der Waals surface area contributed by atoms with Crippen molar-refractivity contribution >= 4 is 27.2 Å². The van der Waals surface area contributed by atoms with Gasteiger partial charge in [-0.3, -0.25) is 9.88 Å². The quantitative estimate of drug-likeness (QED) is 0.448. The number of pyridine rings is 1. The van der Waals surface area contributed by atoms with E-state index in [0.29, 0.717) is 16.9 Å². The Kier molecular flexibility index (Phi) is 7.75. The van der Waals surface area contributed by atoms with Crippen molar-refractivity contribution in [2.24, 2.45) is 0 Å². The van der Waals surface area contributed by atoms with Crippen LogP contribution in [0.3, 0.4) is 0 Å². The molecule has 0 spiro atoms. The number of amides is 2. The SMILES string of the molecule is CN1CCN(c2ccc(N(Cc3ccc(-c4nnc(C(F)F)o4)cn3)C(=O)N3CCS(=O)(=O)CC3)cc2)CC1. The molecule has 1 aromatic carbocycles. The summed E-state index contributed by atoms with van der Waals surface area (Å²) in [5.74, 6) is -1.00. The first-order valence-electron chi connectivity index (χ1n) is 12.6. The molecule has 0 unspecified atom stereocenters. The van der Waals surface area contributed by atoms with Crippen molar-refractivity contribution in [3.8, 4) is 11.5 Å². The number of piperazine rings is 1. The van der Waals surface area contributed by atoms with E-state index in [2.05, 4.69) is 32.0 Å². The van der Waals surface area contributed by atoms with Crippen molar-refractivity contribution in [1.29, 1.82) is 0 Å². The van der Waals surface area contributed by atoms with Gasteiger partial charge in [-0.05, 0) is 43.4 Å². The van der Waals surface area contributed by atoms with Gasteiger partial charge < -0.3 is 19.1 Å². The van der Waals surface area contributed by atoms with E-state index in [1.54, 1.807) is 17.0 Å². The van der Waals surface area contributed by atoms with Crippen LogP contribution in [0.15, 0.2) is 47.0 Å². The molecule has 0 atom stereocenters. The van der Waals surface area contributed by atoms with Crippen LogP contribution in [0.1, 0.15) is 18.0 Å². The van der Waals surface area contributed by atoms with E-state index in [9.17, 15) is 22.0 Å². The zero-order chi connectivity index (χ0) is 27.6. The molecule has 2 aromatic heterocycles. The molecular formula is C25H29F2N7O4S. The Labute approximate surface area is 224 Å². The molecule has 5 rings (SSSR count). The fraction of sp³-hybridized carbons (Fsp3) is 0.440. The van der Waals surface area contributed by atoms with Crippen molar-refractivity contribution in [1.82, 2.24) is 25.0 Å². The number of alkyl halides is 2. The number of urea groups is 1. The number of likely N-dealkylation sites (N-methyl/N-ethyl adjacent to an activating group) is 1. The Morgan fingerprint density at radius 3 is 2.28 bits per heavy atom. The average Bonchev–Trinajstić information content (AvgIpc) is 3.43. The van der Waals surface area contributed by atoms with E-state index in [-0.39, 0.29) is 43.1 Å². The van der Waals surface area contributed by atoms with Crippen LogP contribution in [0.2, 0.25) is 0 Å². The van der Waals surface area contributed by atoms with Gasteiger partial charge in [-0.1, -0.05) is 0 Å². The number of sulfone groups is 1. The Balaban J connectivity index is 1.36. The molecule has 2 saturated heterocycles. The highest BCUT2D eigenvalue weighted by Crippen LogP contribution is 2.26. The molecule has 208 valence electrons. The lowest BCUT2D eigenvalue weighted by Crippen LogP contribution is -2.49. The molecule has 14 heteroatoms. The molecule has 4 heterocycles. The first-order chi connectivity index (χ1) is 18.7. The third-order valence-electron chi connectivity index (χ3n) is 6.89. The molecule has 2 amide bonds. The average molecular weight is 562 g/mol. The van der Waals surface area contributed by atoms with Gasteiger partial charge in [-0.2, -0.15) is 8.78 Å². The fourth-order valence-corrected chi connectivity index (χ4v) is 5.70. The number of hydrogen-bond donors (Lipinski definition) is 0. The second-order valence-electron chi connectivity index (χ2n) is 9.60. The van der Waals surface area contributed by atoms with Crippen molar-refractivity contribution < 1.29 is 26.4 Å². The maximum atomic E-state index is 13.6. The van der Waals surface area contributed by atoms with Crippen molar-refractivity contribution in [3.05, 3.63) is 54.2 Å². The minimum atomic E-state index is -3.16. The predicted molar refractivity (Wildman–Crippen MR) is 140 cm³/mol. The lowest BCUT2D eigenvalue weighted by molar-refractivity contribution is 0.116. The van der Waals surface area contributed by atoms with Crippen molar-refractivity contribution in [3.63, 3.8) is 0 Å². The lowest BCUT2D eigenvalue weighted by atomic mass is 10.2. The zero-order valence-electron chi connectivity index (χ0n) is 21.4. The van der Waals surface area contributed by atoms with Gasteiger partial charge in [0, 0.05) is 56.8 Å². The predicted octanol–water partition coefficient (Wildman–Crippen LogP) is 2.68. The summed E-state index contributed by atoms with van der Waals surface area (Å²) in [6.45, 7) is 4.12. The second-order valence-corrected chi connectivity index (χ2v) is 11.9. The van der Waals surface area contributed by atoms with Gasteiger partial charge in [0.05, 0.1) is 29.3 Å². The number of benzene rings is 1. The molecule has 0 N–H and O–H groups in total. The molecule has 2 aliphatic heterocycles. The highest BCUT2D eigenvalue weighted by Gasteiger charge is 2.29. The molecule has 2 fully saturated rings. The van der Waals surface area contributed by atoms with Crippen molar-refractivity contribution in [2.75, 3.05) is 67.6 Å². The van der Waals surface area contributed by atoms with Gasteiger partial charge in [0.15, 0.2) is 9.84 Å². The number of halogens is 2. The van der Waals surface area contributed by atoms with E-state index in [4.69, 9.17) is 4.42 Å². The summed E-state index contributed by atoms with van der Waals surface area (Å²) in [7, 11) is -1.06. The molecular weight excluding hydrogens is 532 g/mol. The summed E-state index contributed by atoms with van der Waals surface area (Å²) < 4.78 is 54.4. The van der Waals surface area contributed by atoms with Gasteiger partial charge in [-0.25, -0.2) is 13.2 Å². The van der Waals surface area contributed by atoms with Crippen LogP contribution in [0.5, 0.6) is 0 Å². The smallest absolute Gasteiger partial charge is 0.324 e. The Bertz CT molecular complexity index is 1380. The Morgan fingerprint density at radius 1 is 1.00 bits per heavy atom. The van der Waals surface area contributed by atoms with Crippen LogP contribution in [-0.2, 0) is 16.4 Å². The maximum absolute atomic E-state index is 13.6. The molecule has 11 nitrogen and oxygen atoms in total. The molecule has 3 aromatic rings. The van der Waals surface area contributed by atoms with Crippen LogP contribution in [0.25, 0.3) is 11.5 Å². The maximum Gasteiger partial charge on any atom is 0.324 e. The van der Waals surface area contributed by atoms with Gasteiger partial charge in [0.2, 0.25) is 5.89 Å². The van der Waals surface area contributed by atoms with Crippen LogP contribution < -0.4 is 9.80 Å². The summed E-state index contributed by atoms with van der Waals surface area (Å²) in [5.41, 5.74) is 2.62. The van der Waals surface area contributed by atoms with E-state index < -0.39 is 22.2 Å². The summed E-state index contributed by atoms with van der Waals surface area (Å²) >= 11 is 0. The number of hydrogen-bond acceptors (Lipinski definition) is 9. The van der Waals surface area contributed by atoms with E-state index >= 15 is 0 Å². The van der Waals surface area contributed by atoms with Gasteiger partial charge >= 0.3 is 12.5 Å². The number of nitrogens with zero attached hydrogens (tertiary/aromatic N) is 7. The third kappa shape index (κ3) is 6.33. The first kappa shape index (κ1) is 26.9. The normalized spacial score (nSPS) is 17.9. The summed E-state index contributed by atoms with van der Waals surface area (Å²) in [6.07, 6.45) is -1.45. The third-order valence-corrected chi connectivity index (χ3v) is 8.50. The Morgan fingerprint density at radius 2 is 1.69 bits per heavy atom. The first-order valence-corrected chi connectivity index (χ1v) is 14.4. The second kappa shape index (κ2) is 11.2. The molecule has 0 bridgehead atoms. The number of carbonyl (C=O) groups excluding carboxylic acids is 1. The van der Waals surface area contributed by atoms with E-state index in [1.807, 2.05) is 24.3 Å². The molecule has 0 saturated carbocycles. The van der Waals surface area contributed by atoms with Gasteiger partial charge in [-0.15, -0.1) is 10.2 Å². The molecule has 0 radical (unpaired) electrons. The number of anilines is 2. The van der Waals surface area contributed by atoms with Crippen LogP contribution >= 0.6 is 0 Å². The minimum absolute atomic E-state index is 0.0767. The highest BCUT2D eigenvalue weighted by molar-refractivity contribution is 7.91. The fourth-order valence-electron chi connectivity index (χ4n) is 4.50. The monoisotopic (exact) mass is 561 g/mol. The lowest BCUT2D eigenvalue weighted by Gasteiger charge is -2.35. The number of carbonyl (C=O) groups is 1. The van der Waals surface area contributed by atoms with Crippen LogP contribution in [-0.4, -0.2) is 97.3 Å². The largest absolute Gasteiger partial charge is 0.415 e. The van der Waals surface area contributed by atoms with Crippen molar-refractivity contribution in [2.45, 2.75) is 13.0 Å². The van der Waals surface area contributed by atoms with Crippen LogP contribution in [0, 0.1) is 0 Å². The topological polar surface area (TPSA) is 116 Å². The summed E-state index contributed by atoms with van der Waals surface area (Å²) in [5, 5.41) is 6.97.